The van der Waals surface area contributed by atoms with Crippen LogP contribution < -0.4 is 0 Å². The zero-order valence-electron chi connectivity index (χ0n) is 23.1. The molecule has 0 amide bonds. The van der Waals surface area contributed by atoms with E-state index in [2.05, 4.69) is 121 Å². The third kappa shape index (κ3) is 4.06. The lowest BCUT2D eigenvalue weighted by Crippen LogP contribution is -1.94. The Labute approximate surface area is 261 Å². The van der Waals surface area contributed by atoms with Crippen LogP contribution in [0.15, 0.2) is 115 Å². The predicted molar refractivity (Wildman–Crippen MR) is 183 cm³/mol. The van der Waals surface area contributed by atoms with Gasteiger partial charge < -0.3 is 0 Å². The molecule has 0 saturated heterocycles. The molecule has 2 heterocycles. The van der Waals surface area contributed by atoms with E-state index >= 15 is 0 Å². The summed E-state index contributed by atoms with van der Waals surface area (Å²) in [6.45, 7) is 0. The second kappa shape index (κ2) is 10.2. The molecule has 6 aromatic carbocycles. The second-order valence-electron chi connectivity index (χ2n) is 10.7. The van der Waals surface area contributed by atoms with Gasteiger partial charge in [-0.15, -0.1) is 22.7 Å². The normalized spacial score (nSPS) is 11.1. The van der Waals surface area contributed by atoms with Crippen molar-refractivity contribution in [3.63, 3.8) is 0 Å². The fraction of sp³-hybridized carbons (Fsp3) is 0. The molecule has 0 aliphatic heterocycles. The van der Waals surface area contributed by atoms with Gasteiger partial charge in [-0.1, -0.05) is 60.7 Å². The minimum atomic E-state index is 0.294. The quantitative estimate of drug-likeness (QED) is 0.205. The largest absolute Gasteiger partial charge is 0.192 e. The molecule has 202 valence electrons. The van der Waals surface area contributed by atoms with Gasteiger partial charge in [0.2, 0.25) is 0 Å². The van der Waals surface area contributed by atoms with Crippen molar-refractivity contribution >= 4 is 63.0 Å². The van der Waals surface area contributed by atoms with Gasteiger partial charge in [0.05, 0.1) is 34.9 Å². The fourth-order valence-corrected chi connectivity index (χ4v) is 8.49. The highest BCUT2D eigenvalue weighted by molar-refractivity contribution is 7.26. The number of nitrogens with zero attached hydrogens (tertiary/aromatic N) is 3. The van der Waals surface area contributed by atoms with Gasteiger partial charge >= 0.3 is 0 Å². The second-order valence-corrected chi connectivity index (χ2v) is 12.8. The van der Waals surface area contributed by atoms with E-state index in [1.54, 1.807) is 34.8 Å². The Balaban J connectivity index is 1.44. The van der Waals surface area contributed by atoms with E-state index in [0.717, 1.165) is 27.8 Å². The minimum absolute atomic E-state index is 0.294. The van der Waals surface area contributed by atoms with Crippen molar-refractivity contribution in [3.8, 4) is 51.6 Å². The Bertz CT molecular complexity index is 2570. The van der Waals surface area contributed by atoms with Gasteiger partial charge in [0.15, 0.2) is 0 Å². The molecule has 8 aromatic rings. The Morgan fingerprint density at radius 1 is 0.432 bits per heavy atom. The van der Waals surface area contributed by atoms with Crippen LogP contribution in [0.5, 0.6) is 0 Å². The van der Waals surface area contributed by atoms with Crippen LogP contribution in [0.1, 0.15) is 16.7 Å². The van der Waals surface area contributed by atoms with E-state index in [0.29, 0.717) is 22.3 Å². The molecule has 0 fully saturated rings. The number of hydrogen-bond acceptors (Lipinski definition) is 5. The number of hydrogen-bond donors (Lipinski definition) is 0. The molecule has 0 radical (unpaired) electrons. The Hall–Kier alpha value is -5.77. The number of rotatable bonds is 3. The Morgan fingerprint density at radius 2 is 1.05 bits per heavy atom. The fourth-order valence-electron chi connectivity index (χ4n) is 6.17. The van der Waals surface area contributed by atoms with Crippen LogP contribution in [-0.4, -0.2) is 0 Å². The monoisotopic (exact) mass is 593 g/mol. The lowest BCUT2D eigenvalue weighted by Gasteiger charge is -2.14. The lowest BCUT2D eigenvalue weighted by molar-refractivity contribution is 1.41. The van der Waals surface area contributed by atoms with Gasteiger partial charge in [0, 0.05) is 45.9 Å². The summed E-state index contributed by atoms with van der Waals surface area (Å²) >= 11 is 3.56. The van der Waals surface area contributed by atoms with Gasteiger partial charge in [0.1, 0.15) is 0 Å². The van der Waals surface area contributed by atoms with Crippen LogP contribution in [-0.2, 0) is 0 Å². The summed E-state index contributed by atoms with van der Waals surface area (Å²) in [5, 5.41) is 34.7. The first-order valence-electron chi connectivity index (χ1n) is 14.0. The summed E-state index contributed by atoms with van der Waals surface area (Å²) in [7, 11) is 0. The molecule has 44 heavy (non-hydrogen) atoms. The molecule has 0 aliphatic rings. The molecule has 2 aromatic heterocycles. The molecule has 0 unspecified atom stereocenters. The van der Waals surface area contributed by atoms with Crippen LogP contribution in [0.3, 0.4) is 0 Å². The van der Waals surface area contributed by atoms with Crippen LogP contribution in [0, 0.1) is 34.0 Å². The standard InChI is InChI=1S/C39H19N3S2/c40-20-23-14-28(21-41)38(29(15-23)22-42)27-17-25(24-12-13-37-34(19-24)32-7-2-3-10-35(32)43-37)16-26(18-27)30-8-5-9-33-31-6-1-4-11-36(31)44-39(30)33/h1-19H. The van der Waals surface area contributed by atoms with Gasteiger partial charge in [-0.3, -0.25) is 0 Å². The Morgan fingerprint density at radius 3 is 1.77 bits per heavy atom. The Kier molecular flexibility index (Phi) is 6.00. The van der Waals surface area contributed by atoms with Crippen molar-refractivity contribution in [1.82, 2.24) is 0 Å². The van der Waals surface area contributed by atoms with Crippen LogP contribution in [0.2, 0.25) is 0 Å². The molecule has 5 heteroatoms. The van der Waals surface area contributed by atoms with Crippen molar-refractivity contribution in [2.24, 2.45) is 0 Å². The van der Waals surface area contributed by atoms with Crippen molar-refractivity contribution < 1.29 is 0 Å². The predicted octanol–water partition coefficient (Wildman–Crippen LogP) is 11.0. The third-order valence-electron chi connectivity index (χ3n) is 8.16. The van der Waals surface area contributed by atoms with E-state index in [1.807, 2.05) is 0 Å². The van der Waals surface area contributed by atoms with Gasteiger partial charge in [-0.25, -0.2) is 0 Å². The molecule has 8 rings (SSSR count). The molecular weight excluding hydrogens is 575 g/mol. The molecule has 0 spiro atoms. The number of benzene rings is 6. The maximum atomic E-state index is 10.1. The lowest BCUT2D eigenvalue weighted by atomic mass is 9.88. The van der Waals surface area contributed by atoms with Crippen LogP contribution in [0.25, 0.3) is 73.7 Å². The molecule has 0 aliphatic carbocycles. The van der Waals surface area contributed by atoms with Crippen molar-refractivity contribution in [2.75, 3.05) is 0 Å². The van der Waals surface area contributed by atoms with E-state index in [-0.39, 0.29) is 0 Å². The van der Waals surface area contributed by atoms with Crippen LogP contribution in [0.4, 0.5) is 0 Å². The molecule has 0 bridgehead atoms. The molecule has 0 atom stereocenters. The van der Waals surface area contributed by atoms with Gasteiger partial charge in [0.25, 0.3) is 0 Å². The first kappa shape index (κ1) is 25.9. The SMILES string of the molecule is N#Cc1cc(C#N)c(-c2cc(-c3ccc4sc5ccccc5c4c3)cc(-c3cccc4c3sc3ccccc34)c2)c(C#N)c1. The molecule has 3 nitrogen and oxygen atoms in total. The summed E-state index contributed by atoms with van der Waals surface area (Å²) in [5.41, 5.74) is 6.37. The maximum absolute atomic E-state index is 10.1. The average Bonchev–Trinajstić information content (AvgIpc) is 3.65. The molecular formula is C39H19N3S2. The topological polar surface area (TPSA) is 71.4 Å². The highest BCUT2D eigenvalue weighted by Gasteiger charge is 2.18. The number of fused-ring (bicyclic) bond motifs is 6. The smallest absolute Gasteiger partial charge is 0.0999 e. The minimum Gasteiger partial charge on any atom is -0.192 e. The number of nitriles is 3. The highest BCUT2D eigenvalue weighted by Crippen LogP contribution is 2.43. The van der Waals surface area contributed by atoms with E-state index < -0.39 is 0 Å². The van der Waals surface area contributed by atoms with Crippen LogP contribution >= 0.6 is 22.7 Å². The van der Waals surface area contributed by atoms with Crippen molar-refractivity contribution in [1.29, 1.82) is 15.8 Å². The molecule has 0 saturated carbocycles. The average molecular weight is 594 g/mol. The first-order chi connectivity index (χ1) is 21.6. The van der Waals surface area contributed by atoms with Crippen molar-refractivity contribution in [2.45, 2.75) is 0 Å². The summed E-state index contributed by atoms with van der Waals surface area (Å²) in [6, 6.07) is 46.0. The number of thiophene rings is 2. The zero-order valence-corrected chi connectivity index (χ0v) is 24.8. The zero-order chi connectivity index (χ0) is 29.8. The summed E-state index contributed by atoms with van der Waals surface area (Å²) in [4.78, 5) is 0. The van der Waals surface area contributed by atoms with Crippen molar-refractivity contribution in [3.05, 3.63) is 132 Å². The van der Waals surface area contributed by atoms with Gasteiger partial charge in [-0.05, 0) is 82.4 Å². The van der Waals surface area contributed by atoms with E-state index in [1.165, 1.54) is 40.3 Å². The first-order valence-corrected chi connectivity index (χ1v) is 15.6. The van der Waals surface area contributed by atoms with E-state index in [4.69, 9.17) is 0 Å². The summed E-state index contributed by atoms with van der Waals surface area (Å²) in [6.07, 6.45) is 0. The van der Waals surface area contributed by atoms with Gasteiger partial charge in [-0.2, -0.15) is 15.8 Å². The highest BCUT2D eigenvalue weighted by atomic mass is 32.1. The van der Waals surface area contributed by atoms with E-state index in [9.17, 15) is 15.8 Å². The third-order valence-corrected chi connectivity index (χ3v) is 10.5. The maximum Gasteiger partial charge on any atom is 0.0999 e. The summed E-state index contributed by atoms with van der Waals surface area (Å²) < 4.78 is 4.90. The molecule has 0 N–H and O–H groups in total. The summed E-state index contributed by atoms with van der Waals surface area (Å²) in [5.74, 6) is 0.